The molecule has 0 saturated heterocycles. The van der Waals surface area contributed by atoms with Crippen LogP contribution in [-0.4, -0.2) is 0 Å². The molecule has 2 heteroatoms. The highest BCUT2D eigenvalue weighted by Gasteiger charge is 1.99. The van der Waals surface area contributed by atoms with Gasteiger partial charge in [-0.2, -0.15) is 5.26 Å². The van der Waals surface area contributed by atoms with E-state index in [1.807, 2.05) is 24.3 Å². The van der Waals surface area contributed by atoms with Crippen LogP contribution in [0.3, 0.4) is 0 Å². The summed E-state index contributed by atoms with van der Waals surface area (Å²) in [6.45, 7) is 4.15. The second kappa shape index (κ2) is 4.71. The summed E-state index contributed by atoms with van der Waals surface area (Å²) >= 11 is 0. The zero-order valence-corrected chi connectivity index (χ0v) is 9.99. The first-order valence-corrected chi connectivity index (χ1v) is 5.53. The molecular weight excluding hydrogens is 208 g/mol. The second-order valence-corrected chi connectivity index (χ2v) is 4.13. The van der Waals surface area contributed by atoms with Gasteiger partial charge in [-0.3, -0.25) is 0 Å². The van der Waals surface area contributed by atoms with Crippen molar-refractivity contribution in [2.75, 3.05) is 5.32 Å². The SMILES string of the molecule is Cc1ccc(C)c(Nc2ccc(C#N)cc2)c1. The molecule has 0 amide bonds. The molecule has 2 aromatic rings. The van der Waals surface area contributed by atoms with E-state index in [1.165, 1.54) is 11.1 Å². The fraction of sp³-hybridized carbons (Fsp3) is 0.133. The van der Waals surface area contributed by atoms with Gasteiger partial charge in [-0.15, -0.1) is 0 Å². The van der Waals surface area contributed by atoms with Crippen LogP contribution in [0.4, 0.5) is 11.4 Å². The van der Waals surface area contributed by atoms with Gasteiger partial charge in [0, 0.05) is 11.4 Å². The van der Waals surface area contributed by atoms with Gasteiger partial charge in [-0.25, -0.2) is 0 Å². The number of aryl methyl sites for hydroxylation is 2. The molecule has 0 aliphatic heterocycles. The lowest BCUT2D eigenvalue weighted by molar-refractivity contribution is 1.37. The maximum absolute atomic E-state index is 8.73. The van der Waals surface area contributed by atoms with E-state index < -0.39 is 0 Å². The number of nitriles is 1. The molecule has 2 rings (SSSR count). The van der Waals surface area contributed by atoms with Gasteiger partial charge in [0.15, 0.2) is 0 Å². The first-order valence-electron chi connectivity index (χ1n) is 5.53. The lowest BCUT2D eigenvalue weighted by atomic mass is 10.1. The third-order valence-corrected chi connectivity index (χ3v) is 2.69. The number of benzene rings is 2. The Morgan fingerprint density at radius 2 is 1.71 bits per heavy atom. The maximum Gasteiger partial charge on any atom is 0.0991 e. The Labute approximate surface area is 102 Å². The van der Waals surface area contributed by atoms with Crippen LogP contribution in [0, 0.1) is 25.2 Å². The van der Waals surface area contributed by atoms with Gasteiger partial charge in [-0.05, 0) is 55.3 Å². The van der Waals surface area contributed by atoms with E-state index in [-0.39, 0.29) is 0 Å². The van der Waals surface area contributed by atoms with E-state index in [1.54, 1.807) is 0 Å². The van der Waals surface area contributed by atoms with Gasteiger partial charge >= 0.3 is 0 Å². The number of nitrogens with zero attached hydrogens (tertiary/aromatic N) is 1. The van der Waals surface area contributed by atoms with Crippen LogP contribution in [0.2, 0.25) is 0 Å². The Morgan fingerprint density at radius 1 is 1.00 bits per heavy atom. The van der Waals surface area contributed by atoms with Crippen molar-refractivity contribution in [2.24, 2.45) is 0 Å². The number of rotatable bonds is 2. The molecule has 0 aliphatic carbocycles. The smallest absolute Gasteiger partial charge is 0.0991 e. The summed E-state index contributed by atoms with van der Waals surface area (Å²) in [6.07, 6.45) is 0. The lowest BCUT2D eigenvalue weighted by Crippen LogP contribution is -1.93. The first-order chi connectivity index (χ1) is 8.19. The van der Waals surface area contributed by atoms with Gasteiger partial charge < -0.3 is 5.32 Å². The zero-order valence-electron chi connectivity index (χ0n) is 9.99. The van der Waals surface area contributed by atoms with Crippen LogP contribution in [-0.2, 0) is 0 Å². The van der Waals surface area contributed by atoms with Gasteiger partial charge in [0.05, 0.1) is 11.6 Å². The highest BCUT2D eigenvalue weighted by molar-refractivity contribution is 5.64. The van der Waals surface area contributed by atoms with Crippen molar-refractivity contribution < 1.29 is 0 Å². The second-order valence-electron chi connectivity index (χ2n) is 4.13. The van der Waals surface area contributed by atoms with Crippen molar-refractivity contribution in [1.29, 1.82) is 5.26 Å². The molecule has 84 valence electrons. The summed E-state index contributed by atoms with van der Waals surface area (Å²) in [5, 5.41) is 12.1. The first kappa shape index (κ1) is 11.2. The Morgan fingerprint density at radius 3 is 2.35 bits per heavy atom. The topological polar surface area (TPSA) is 35.8 Å². The van der Waals surface area contributed by atoms with E-state index in [4.69, 9.17) is 5.26 Å². The predicted octanol–water partition coefficient (Wildman–Crippen LogP) is 3.92. The minimum atomic E-state index is 0.677. The molecule has 2 aromatic carbocycles. The number of anilines is 2. The standard InChI is InChI=1S/C15H14N2/c1-11-3-4-12(2)15(9-11)17-14-7-5-13(10-16)6-8-14/h3-9,17H,1-2H3. The third-order valence-electron chi connectivity index (χ3n) is 2.69. The fourth-order valence-electron chi connectivity index (χ4n) is 1.65. The molecule has 0 radical (unpaired) electrons. The predicted molar refractivity (Wildman–Crippen MR) is 70.4 cm³/mol. The number of hydrogen-bond acceptors (Lipinski definition) is 2. The molecule has 1 N–H and O–H groups in total. The summed E-state index contributed by atoms with van der Waals surface area (Å²) in [5.74, 6) is 0. The molecule has 0 unspecified atom stereocenters. The van der Waals surface area contributed by atoms with E-state index in [9.17, 15) is 0 Å². The molecule has 17 heavy (non-hydrogen) atoms. The molecule has 0 atom stereocenters. The van der Waals surface area contributed by atoms with Gasteiger partial charge in [-0.1, -0.05) is 12.1 Å². The summed E-state index contributed by atoms with van der Waals surface area (Å²) in [5.41, 5.74) is 5.22. The average Bonchev–Trinajstić information content (AvgIpc) is 2.35. The quantitative estimate of drug-likeness (QED) is 0.836. The Balaban J connectivity index is 2.25. The fourth-order valence-corrected chi connectivity index (χ4v) is 1.65. The monoisotopic (exact) mass is 222 g/mol. The van der Waals surface area contributed by atoms with Crippen molar-refractivity contribution in [3.8, 4) is 6.07 Å². The molecule has 0 spiro atoms. The van der Waals surface area contributed by atoms with Crippen molar-refractivity contribution in [1.82, 2.24) is 0 Å². The van der Waals surface area contributed by atoms with Crippen LogP contribution >= 0.6 is 0 Å². The molecule has 2 nitrogen and oxygen atoms in total. The summed E-state index contributed by atoms with van der Waals surface area (Å²) in [4.78, 5) is 0. The minimum absolute atomic E-state index is 0.677. The van der Waals surface area contributed by atoms with Crippen LogP contribution in [0.15, 0.2) is 42.5 Å². The molecule has 0 fully saturated rings. The van der Waals surface area contributed by atoms with E-state index in [2.05, 4.69) is 43.4 Å². The molecule has 0 saturated carbocycles. The molecule has 0 aliphatic rings. The Bertz CT molecular complexity index is 562. The van der Waals surface area contributed by atoms with Crippen LogP contribution < -0.4 is 5.32 Å². The molecule has 0 bridgehead atoms. The number of hydrogen-bond donors (Lipinski definition) is 1. The highest BCUT2D eigenvalue weighted by Crippen LogP contribution is 2.21. The van der Waals surface area contributed by atoms with Gasteiger partial charge in [0.25, 0.3) is 0 Å². The van der Waals surface area contributed by atoms with Crippen LogP contribution in [0.1, 0.15) is 16.7 Å². The summed E-state index contributed by atoms with van der Waals surface area (Å²) in [6, 6.07) is 15.9. The highest BCUT2D eigenvalue weighted by atomic mass is 14.9. The Hall–Kier alpha value is -2.27. The minimum Gasteiger partial charge on any atom is -0.355 e. The van der Waals surface area contributed by atoms with Crippen molar-refractivity contribution >= 4 is 11.4 Å². The van der Waals surface area contributed by atoms with E-state index >= 15 is 0 Å². The van der Waals surface area contributed by atoms with E-state index in [0.717, 1.165) is 11.4 Å². The third kappa shape index (κ3) is 2.64. The average molecular weight is 222 g/mol. The largest absolute Gasteiger partial charge is 0.355 e. The lowest BCUT2D eigenvalue weighted by Gasteiger charge is -2.10. The van der Waals surface area contributed by atoms with Gasteiger partial charge in [0.1, 0.15) is 0 Å². The maximum atomic E-state index is 8.73. The normalized spacial score (nSPS) is 9.71. The molecular formula is C15H14N2. The zero-order chi connectivity index (χ0) is 12.3. The summed E-state index contributed by atoms with van der Waals surface area (Å²) < 4.78 is 0. The van der Waals surface area contributed by atoms with Crippen molar-refractivity contribution in [3.05, 3.63) is 59.2 Å². The molecule has 0 aromatic heterocycles. The summed E-state index contributed by atoms with van der Waals surface area (Å²) in [7, 11) is 0. The number of nitrogens with one attached hydrogen (secondary N) is 1. The van der Waals surface area contributed by atoms with Crippen LogP contribution in [0.25, 0.3) is 0 Å². The van der Waals surface area contributed by atoms with E-state index in [0.29, 0.717) is 5.56 Å². The van der Waals surface area contributed by atoms with Crippen molar-refractivity contribution in [3.63, 3.8) is 0 Å². The van der Waals surface area contributed by atoms with Crippen molar-refractivity contribution in [2.45, 2.75) is 13.8 Å². The van der Waals surface area contributed by atoms with Gasteiger partial charge in [0.2, 0.25) is 0 Å². The Kier molecular flexibility index (Phi) is 3.11. The van der Waals surface area contributed by atoms with Crippen LogP contribution in [0.5, 0.6) is 0 Å². The molecule has 0 heterocycles.